The highest BCUT2D eigenvalue weighted by Gasteiger charge is 2.36. The van der Waals surface area contributed by atoms with Gasteiger partial charge in [0.2, 0.25) is 10.0 Å². The van der Waals surface area contributed by atoms with Crippen LogP contribution >= 0.6 is 0 Å². The minimum absolute atomic E-state index is 0.0519. The molecule has 1 unspecified atom stereocenters. The average molecular weight is 307 g/mol. The fourth-order valence-electron chi connectivity index (χ4n) is 3.51. The molecule has 114 valence electrons. The molecule has 0 saturated carbocycles. The summed E-state index contributed by atoms with van der Waals surface area (Å²) in [5, 5.41) is 0. The van der Waals surface area contributed by atoms with Crippen LogP contribution < -0.4 is 0 Å². The van der Waals surface area contributed by atoms with Gasteiger partial charge >= 0.3 is 0 Å². The zero-order valence-corrected chi connectivity index (χ0v) is 13.2. The third kappa shape index (κ3) is 2.77. The van der Waals surface area contributed by atoms with Gasteiger partial charge < -0.3 is 0 Å². The molecule has 1 saturated heterocycles. The number of hydrogen-bond donors (Lipinski definition) is 0. The van der Waals surface area contributed by atoms with Gasteiger partial charge in [0, 0.05) is 19.0 Å². The quantitative estimate of drug-likeness (QED) is 0.857. The first-order valence-electron chi connectivity index (χ1n) is 7.61. The molecule has 1 aromatic rings. The molecule has 1 aliphatic heterocycles. The van der Waals surface area contributed by atoms with Crippen LogP contribution in [0.15, 0.2) is 23.1 Å². The first kappa shape index (κ1) is 14.7. The zero-order chi connectivity index (χ0) is 15.0. The van der Waals surface area contributed by atoms with Crippen molar-refractivity contribution in [2.75, 3.05) is 6.54 Å². The molecular formula is C16H21NO3S. The summed E-state index contributed by atoms with van der Waals surface area (Å²) in [6.07, 6.45) is 5.06. The van der Waals surface area contributed by atoms with E-state index in [9.17, 15) is 13.2 Å². The minimum Gasteiger partial charge on any atom is -0.300 e. The zero-order valence-electron chi connectivity index (χ0n) is 12.3. The van der Waals surface area contributed by atoms with Crippen molar-refractivity contribution >= 4 is 15.8 Å². The fourth-order valence-corrected chi connectivity index (χ4v) is 5.25. The second-order valence-electron chi connectivity index (χ2n) is 6.10. The smallest absolute Gasteiger partial charge is 0.243 e. The Hall–Kier alpha value is -1.20. The lowest BCUT2D eigenvalue weighted by Crippen LogP contribution is -2.36. The van der Waals surface area contributed by atoms with Crippen molar-refractivity contribution in [2.24, 2.45) is 0 Å². The van der Waals surface area contributed by atoms with Gasteiger partial charge in [-0.1, -0.05) is 6.07 Å². The van der Waals surface area contributed by atoms with Crippen LogP contribution in [0.1, 0.15) is 43.7 Å². The summed E-state index contributed by atoms with van der Waals surface area (Å²) in [5.74, 6) is 0.0519. The van der Waals surface area contributed by atoms with Crippen LogP contribution in [-0.4, -0.2) is 31.1 Å². The fraction of sp³-hybridized carbons (Fsp3) is 0.562. The summed E-state index contributed by atoms with van der Waals surface area (Å²) in [7, 11) is -3.47. The van der Waals surface area contributed by atoms with E-state index < -0.39 is 10.0 Å². The van der Waals surface area contributed by atoms with E-state index >= 15 is 0 Å². The van der Waals surface area contributed by atoms with Gasteiger partial charge in [-0.05, 0) is 62.3 Å². The Balaban J connectivity index is 1.91. The molecule has 0 spiro atoms. The van der Waals surface area contributed by atoms with E-state index in [0.717, 1.165) is 32.1 Å². The van der Waals surface area contributed by atoms with E-state index in [4.69, 9.17) is 0 Å². The number of hydrogen-bond acceptors (Lipinski definition) is 3. The van der Waals surface area contributed by atoms with Gasteiger partial charge in [0.25, 0.3) is 0 Å². The number of carbonyl (C=O) groups is 1. The van der Waals surface area contributed by atoms with Crippen molar-refractivity contribution in [3.8, 4) is 0 Å². The topological polar surface area (TPSA) is 54.5 Å². The van der Waals surface area contributed by atoms with E-state index in [1.807, 2.05) is 12.1 Å². The Morgan fingerprint density at radius 2 is 2.00 bits per heavy atom. The van der Waals surface area contributed by atoms with Crippen LogP contribution in [0.4, 0.5) is 0 Å². The Bertz CT molecular complexity index is 666. The molecule has 1 aliphatic carbocycles. The lowest BCUT2D eigenvalue weighted by molar-refractivity contribution is -0.117. The third-order valence-corrected chi connectivity index (χ3v) is 6.47. The van der Waals surface area contributed by atoms with Crippen molar-refractivity contribution in [1.82, 2.24) is 4.31 Å². The van der Waals surface area contributed by atoms with Gasteiger partial charge in [0.05, 0.1) is 4.90 Å². The first-order chi connectivity index (χ1) is 9.98. The minimum atomic E-state index is -3.47. The summed E-state index contributed by atoms with van der Waals surface area (Å²) in [4.78, 5) is 11.7. The highest BCUT2D eigenvalue weighted by Crippen LogP contribution is 2.30. The van der Waals surface area contributed by atoms with Gasteiger partial charge in [0.15, 0.2) is 0 Å². The summed E-state index contributed by atoms with van der Waals surface area (Å²) in [6, 6.07) is 5.34. The van der Waals surface area contributed by atoms with E-state index in [1.54, 1.807) is 6.07 Å². The molecular weight excluding hydrogens is 286 g/mol. The molecule has 2 aliphatic rings. The molecule has 0 bridgehead atoms. The average Bonchev–Trinajstić information content (AvgIpc) is 3.05. The standard InChI is InChI=1S/C16H21NO3S/c1-12(18)10-15-6-3-9-17(15)21(19,20)16-8-7-13-4-2-5-14(13)11-16/h7-8,11,15H,2-6,9-10H2,1H3. The lowest BCUT2D eigenvalue weighted by atomic mass is 10.1. The Labute approximate surface area is 126 Å². The lowest BCUT2D eigenvalue weighted by Gasteiger charge is -2.23. The maximum absolute atomic E-state index is 12.8. The molecule has 21 heavy (non-hydrogen) atoms. The number of Topliss-reactive ketones (excluding diaryl/α,β-unsaturated/α-hetero) is 1. The second-order valence-corrected chi connectivity index (χ2v) is 7.99. The van der Waals surface area contributed by atoms with Crippen molar-refractivity contribution in [2.45, 2.75) is 56.4 Å². The number of carbonyl (C=O) groups excluding carboxylic acids is 1. The van der Waals surface area contributed by atoms with E-state index in [1.165, 1.54) is 22.4 Å². The van der Waals surface area contributed by atoms with Crippen molar-refractivity contribution < 1.29 is 13.2 Å². The van der Waals surface area contributed by atoms with Crippen LogP contribution in [0.2, 0.25) is 0 Å². The van der Waals surface area contributed by atoms with Gasteiger partial charge in [-0.25, -0.2) is 8.42 Å². The molecule has 0 amide bonds. The number of aryl methyl sites for hydroxylation is 2. The van der Waals surface area contributed by atoms with Gasteiger partial charge in [-0.2, -0.15) is 4.31 Å². The molecule has 4 nitrogen and oxygen atoms in total. The number of nitrogens with zero attached hydrogens (tertiary/aromatic N) is 1. The second kappa shape index (κ2) is 5.54. The van der Waals surface area contributed by atoms with Gasteiger partial charge in [0.1, 0.15) is 5.78 Å². The van der Waals surface area contributed by atoms with Crippen molar-refractivity contribution in [1.29, 1.82) is 0 Å². The van der Waals surface area contributed by atoms with Crippen LogP contribution in [0.3, 0.4) is 0 Å². The molecule has 0 aromatic heterocycles. The van der Waals surface area contributed by atoms with E-state index in [-0.39, 0.29) is 11.8 Å². The van der Waals surface area contributed by atoms with Crippen molar-refractivity contribution in [3.63, 3.8) is 0 Å². The Morgan fingerprint density at radius 3 is 2.76 bits per heavy atom. The summed E-state index contributed by atoms with van der Waals surface area (Å²) in [5.41, 5.74) is 2.44. The van der Waals surface area contributed by atoms with E-state index in [0.29, 0.717) is 17.9 Å². The van der Waals surface area contributed by atoms with Gasteiger partial charge in [-0.3, -0.25) is 4.79 Å². The highest BCUT2D eigenvalue weighted by atomic mass is 32.2. The van der Waals surface area contributed by atoms with Gasteiger partial charge in [-0.15, -0.1) is 0 Å². The number of sulfonamides is 1. The molecule has 1 atom stereocenters. The predicted octanol–water partition coefficient (Wildman–Crippen LogP) is 2.31. The largest absolute Gasteiger partial charge is 0.300 e. The van der Waals surface area contributed by atoms with Crippen molar-refractivity contribution in [3.05, 3.63) is 29.3 Å². The SMILES string of the molecule is CC(=O)CC1CCCN1S(=O)(=O)c1ccc2c(c1)CCC2. The molecule has 3 rings (SSSR count). The number of rotatable bonds is 4. The predicted molar refractivity (Wildman–Crippen MR) is 80.7 cm³/mol. The summed E-state index contributed by atoms with van der Waals surface area (Å²) >= 11 is 0. The maximum atomic E-state index is 12.8. The van der Waals surface area contributed by atoms with Crippen LogP contribution in [0.25, 0.3) is 0 Å². The van der Waals surface area contributed by atoms with E-state index in [2.05, 4.69) is 0 Å². The Kier molecular flexibility index (Phi) is 3.88. The molecule has 1 fully saturated rings. The normalized spacial score (nSPS) is 22.4. The van der Waals surface area contributed by atoms with Crippen LogP contribution in [0.5, 0.6) is 0 Å². The molecule has 5 heteroatoms. The number of ketones is 1. The molecule has 0 N–H and O–H groups in total. The third-order valence-electron chi connectivity index (χ3n) is 4.52. The maximum Gasteiger partial charge on any atom is 0.243 e. The van der Waals surface area contributed by atoms with Crippen LogP contribution in [-0.2, 0) is 27.7 Å². The summed E-state index contributed by atoms with van der Waals surface area (Å²) in [6.45, 7) is 2.05. The Morgan fingerprint density at radius 1 is 1.24 bits per heavy atom. The monoisotopic (exact) mass is 307 g/mol. The molecule has 0 radical (unpaired) electrons. The van der Waals surface area contributed by atoms with Crippen LogP contribution in [0, 0.1) is 0 Å². The molecule has 1 aromatic carbocycles. The first-order valence-corrected chi connectivity index (χ1v) is 9.05. The molecule has 1 heterocycles. The highest BCUT2D eigenvalue weighted by molar-refractivity contribution is 7.89. The number of benzene rings is 1. The number of fused-ring (bicyclic) bond motifs is 1. The summed E-state index contributed by atoms with van der Waals surface area (Å²) < 4.78 is 27.2.